The number of aryl methyl sites for hydroxylation is 1. The smallest absolute Gasteiger partial charge is 0.277 e. The van der Waals surface area contributed by atoms with Crippen LogP contribution < -0.4 is 5.56 Å². The lowest BCUT2D eigenvalue weighted by molar-refractivity contribution is 0.0729. The predicted octanol–water partition coefficient (Wildman–Crippen LogP) is 3.21. The molecule has 1 aliphatic rings. The standard InChI is InChI=1S/C21H19N3O2/c1-13-14(2)22-23-20(25)19(13)21(26)24-11-15-7-3-5-9-17(15)18-10-6-4-8-16(18)12-24/h3-10H,11-12H2,1-2H3,(H,23,25). The number of aromatic nitrogens is 2. The van der Waals surface area contributed by atoms with E-state index in [2.05, 4.69) is 22.3 Å². The molecule has 26 heavy (non-hydrogen) atoms. The van der Waals surface area contributed by atoms with Crippen molar-refractivity contribution in [2.24, 2.45) is 0 Å². The van der Waals surface area contributed by atoms with Crippen LogP contribution in [0, 0.1) is 13.8 Å². The van der Waals surface area contributed by atoms with E-state index < -0.39 is 5.56 Å². The molecule has 1 aromatic heterocycles. The molecule has 0 bridgehead atoms. The van der Waals surface area contributed by atoms with Crippen molar-refractivity contribution in [2.45, 2.75) is 26.9 Å². The molecule has 1 amide bonds. The number of amides is 1. The zero-order chi connectivity index (χ0) is 18.3. The molecule has 0 aliphatic carbocycles. The highest BCUT2D eigenvalue weighted by Gasteiger charge is 2.26. The number of benzene rings is 2. The van der Waals surface area contributed by atoms with Crippen LogP contribution in [0.3, 0.4) is 0 Å². The second-order valence-electron chi connectivity index (χ2n) is 6.61. The minimum Gasteiger partial charge on any atom is -0.330 e. The highest BCUT2D eigenvalue weighted by Crippen LogP contribution is 2.32. The molecule has 2 heterocycles. The van der Waals surface area contributed by atoms with Crippen molar-refractivity contribution in [3.05, 3.63) is 86.8 Å². The molecule has 0 atom stereocenters. The summed E-state index contributed by atoms with van der Waals surface area (Å²) in [5.74, 6) is -0.263. The van der Waals surface area contributed by atoms with Crippen LogP contribution in [-0.2, 0) is 13.1 Å². The third-order valence-corrected chi connectivity index (χ3v) is 5.02. The van der Waals surface area contributed by atoms with Crippen LogP contribution >= 0.6 is 0 Å². The monoisotopic (exact) mass is 345 g/mol. The lowest BCUT2D eigenvalue weighted by Gasteiger charge is -2.22. The molecule has 3 aromatic rings. The molecule has 0 saturated heterocycles. The molecule has 130 valence electrons. The number of carbonyl (C=O) groups is 1. The number of fused-ring (bicyclic) bond motifs is 3. The van der Waals surface area contributed by atoms with Crippen LogP contribution in [0.1, 0.15) is 32.7 Å². The van der Waals surface area contributed by atoms with Gasteiger partial charge in [0, 0.05) is 13.1 Å². The normalized spacial score (nSPS) is 12.9. The fourth-order valence-electron chi connectivity index (χ4n) is 3.49. The Hall–Kier alpha value is -3.21. The second kappa shape index (κ2) is 6.26. The number of H-pyrrole nitrogens is 1. The molecule has 5 nitrogen and oxygen atoms in total. The maximum absolute atomic E-state index is 13.2. The Morgan fingerprint density at radius 2 is 1.50 bits per heavy atom. The zero-order valence-electron chi connectivity index (χ0n) is 14.7. The van der Waals surface area contributed by atoms with Crippen molar-refractivity contribution in [3.63, 3.8) is 0 Å². The van der Waals surface area contributed by atoms with Gasteiger partial charge in [-0.15, -0.1) is 0 Å². The SMILES string of the molecule is Cc1n[nH]c(=O)c(C(=O)N2Cc3ccccc3-c3ccccc3C2)c1C. The summed E-state index contributed by atoms with van der Waals surface area (Å²) >= 11 is 0. The molecule has 0 spiro atoms. The maximum atomic E-state index is 13.2. The molecule has 0 saturated carbocycles. The Kier molecular flexibility index (Phi) is 3.92. The fourth-order valence-corrected chi connectivity index (χ4v) is 3.49. The van der Waals surface area contributed by atoms with E-state index in [1.54, 1.807) is 18.7 Å². The van der Waals surface area contributed by atoms with E-state index >= 15 is 0 Å². The third-order valence-electron chi connectivity index (χ3n) is 5.02. The molecule has 5 heteroatoms. The Labute approximate surface area is 151 Å². The third kappa shape index (κ3) is 2.62. The van der Waals surface area contributed by atoms with Crippen LogP contribution in [0.25, 0.3) is 11.1 Å². The van der Waals surface area contributed by atoms with Crippen LogP contribution in [0.4, 0.5) is 0 Å². The Morgan fingerprint density at radius 3 is 2.08 bits per heavy atom. The van der Waals surface area contributed by atoms with Gasteiger partial charge in [-0.1, -0.05) is 48.5 Å². The molecular weight excluding hydrogens is 326 g/mol. The van der Waals surface area contributed by atoms with Crippen molar-refractivity contribution in [3.8, 4) is 11.1 Å². The summed E-state index contributed by atoms with van der Waals surface area (Å²) in [6, 6.07) is 16.2. The van der Waals surface area contributed by atoms with Gasteiger partial charge in [0.05, 0.1) is 5.69 Å². The Balaban J connectivity index is 1.84. The molecule has 1 aliphatic heterocycles. The van der Waals surface area contributed by atoms with Gasteiger partial charge in [-0.3, -0.25) is 9.59 Å². The van der Waals surface area contributed by atoms with Gasteiger partial charge in [-0.25, -0.2) is 5.10 Å². The van der Waals surface area contributed by atoms with Gasteiger partial charge in [0.2, 0.25) is 0 Å². The minimum absolute atomic E-state index is 0.175. The maximum Gasteiger partial charge on any atom is 0.277 e. The molecule has 4 rings (SSSR count). The lowest BCUT2D eigenvalue weighted by atomic mass is 9.97. The number of hydrogen-bond donors (Lipinski definition) is 1. The van der Waals surface area contributed by atoms with E-state index in [1.807, 2.05) is 36.4 Å². The van der Waals surface area contributed by atoms with Gasteiger partial charge in [0.1, 0.15) is 5.56 Å². The summed E-state index contributed by atoms with van der Waals surface area (Å²) in [5, 5.41) is 6.38. The highest BCUT2D eigenvalue weighted by atomic mass is 16.2. The first kappa shape index (κ1) is 16.3. The quantitative estimate of drug-likeness (QED) is 0.736. The first-order chi connectivity index (χ1) is 12.6. The second-order valence-corrected chi connectivity index (χ2v) is 6.61. The summed E-state index contributed by atoms with van der Waals surface area (Å²) in [6.45, 7) is 4.48. The number of hydrogen-bond acceptors (Lipinski definition) is 3. The Morgan fingerprint density at radius 1 is 0.962 bits per heavy atom. The first-order valence-corrected chi connectivity index (χ1v) is 8.57. The van der Waals surface area contributed by atoms with E-state index in [4.69, 9.17) is 0 Å². The van der Waals surface area contributed by atoms with E-state index in [0.717, 1.165) is 22.3 Å². The largest absolute Gasteiger partial charge is 0.330 e. The topological polar surface area (TPSA) is 66.1 Å². The number of carbonyl (C=O) groups excluding carboxylic acids is 1. The molecule has 0 fully saturated rings. The number of nitrogens with one attached hydrogen (secondary N) is 1. The van der Waals surface area contributed by atoms with Crippen LogP contribution in [0.5, 0.6) is 0 Å². The van der Waals surface area contributed by atoms with Crippen LogP contribution in [-0.4, -0.2) is 21.0 Å². The summed E-state index contributed by atoms with van der Waals surface area (Å²) < 4.78 is 0. The van der Waals surface area contributed by atoms with E-state index in [-0.39, 0.29) is 11.5 Å². The number of nitrogens with zero attached hydrogens (tertiary/aromatic N) is 2. The Bertz CT molecular complexity index is 1020. The average molecular weight is 345 g/mol. The van der Waals surface area contributed by atoms with Gasteiger partial charge in [-0.2, -0.15) is 5.10 Å². The van der Waals surface area contributed by atoms with Gasteiger partial charge < -0.3 is 4.90 Å². The van der Waals surface area contributed by atoms with Gasteiger partial charge in [0.25, 0.3) is 11.5 Å². The summed E-state index contributed by atoms with van der Waals surface area (Å²) in [4.78, 5) is 27.3. The lowest BCUT2D eigenvalue weighted by Crippen LogP contribution is -2.35. The van der Waals surface area contributed by atoms with Crippen molar-refractivity contribution in [1.82, 2.24) is 15.1 Å². The highest BCUT2D eigenvalue weighted by molar-refractivity contribution is 5.95. The minimum atomic E-state index is -0.441. The molecule has 1 N–H and O–H groups in total. The van der Waals surface area contributed by atoms with Gasteiger partial charge in [0.15, 0.2) is 0 Å². The van der Waals surface area contributed by atoms with E-state index in [0.29, 0.717) is 24.3 Å². The molecule has 2 aromatic carbocycles. The molecule has 0 radical (unpaired) electrons. The predicted molar refractivity (Wildman–Crippen MR) is 99.8 cm³/mol. The summed E-state index contributed by atoms with van der Waals surface area (Å²) in [5.41, 5.74) is 5.44. The van der Waals surface area contributed by atoms with E-state index in [9.17, 15) is 9.59 Å². The van der Waals surface area contributed by atoms with Crippen molar-refractivity contribution < 1.29 is 4.79 Å². The average Bonchev–Trinajstić information content (AvgIpc) is 2.82. The summed E-state index contributed by atoms with van der Waals surface area (Å²) in [7, 11) is 0. The van der Waals surface area contributed by atoms with Crippen LogP contribution in [0.15, 0.2) is 53.3 Å². The van der Waals surface area contributed by atoms with Crippen molar-refractivity contribution >= 4 is 5.91 Å². The van der Waals surface area contributed by atoms with Gasteiger partial charge >= 0.3 is 0 Å². The number of aromatic amines is 1. The van der Waals surface area contributed by atoms with Crippen LogP contribution in [0.2, 0.25) is 0 Å². The fraction of sp³-hybridized carbons (Fsp3) is 0.190. The van der Waals surface area contributed by atoms with Gasteiger partial charge in [-0.05, 0) is 41.7 Å². The van der Waals surface area contributed by atoms with Crippen molar-refractivity contribution in [1.29, 1.82) is 0 Å². The first-order valence-electron chi connectivity index (χ1n) is 8.57. The zero-order valence-corrected chi connectivity index (χ0v) is 14.7. The summed E-state index contributed by atoms with van der Waals surface area (Å²) in [6.07, 6.45) is 0. The number of rotatable bonds is 1. The van der Waals surface area contributed by atoms with Crippen molar-refractivity contribution in [2.75, 3.05) is 0 Å². The van der Waals surface area contributed by atoms with E-state index in [1.165, 1.54) is 0 Å². The molecular formula is C21H19N3O2. The molecule has 0 unspecified atom stereocenters.